The van der Waals surface area contributed by atoms with E-state index in [-0.39, 0.29) is 6.03 Å². The molecule has 0 aliphatic carbocycles. The SMILES string of the molecule is O=C(NCc1ccccc1)Nc1cccc(-c2nc3ccccn3c2-c2ccnc(Nc3cccc(N4CCOCC4)c3)n2)c1. The second kappa shape index (κ2) is 12.9. The van der Waals surface area contributed by atoms with E-state index in [9.17, 15) is 4.79 Å². The zero-order chi connectivity index (χ0) is 30.4. The highest BCUT2D eigenvalue weighted by Gasteiger charge is 2.19. The van der Waals surface area contributed by atoms with Gasteiger partial charge in [-0.3, -0.25) is 4.40 Å². The van der Waals surface area contributed by atoms with Crippen molar-refractivity contribution in [3.8, 4) is 22.6 Å². The number of benzene rings is 3. The standard InChI is InChI=1S/C35H32N8O2/c44-35(37-24-25-8-2-1-3-9-25)39-27-11-6-10-26(22-27)32-33(43-17-5-4-14-31(43)41-32)30-15-16-36-34(40-30)38-28-12-7-13-29(23-28)42-18-20-45-21-19-42/h1-17,22-23H,18-21,24H2,(H,36,38,40)(H2,37,39,44). The highest BCUT2D eigenvalue weighted by Crippen LogP contribution is 2.33. The van der Waals surface area contributed by atoms with Crippen LogP contribution in [-0.2, 0) is 11.3 Å². The van der Waals surface area contributed by atoms with Crippen LogP contribution >= 0.6 is 0 Å². The molecule has 45 heavy (non-hydrogen) atoms. The van der Waals surface area contributed by atoms with Crippen LogP contribution in [0.25, 0.3) is 28.3 Å². The largest absolute Gasteiger partial charge is 0.378 e. The summed E-state index contributed by atoms with van der Waals surface area (Å²) < 4.78 is 7.53. The van der Waals surface area contributed by atoms with Crippen LogP contribution in [0.5, 0.6) is 0 Å². The average Bonchev–Trinajstić information content (AvgIpc) is 3.49. The Bertz CT molecular complexity index is 1940. The third kappa shape index (κ3) is 6.46. The van der Waals surface area contributed by atoms with Crippen molar-refractivity contribution in [2.75, 3.05) is 41.8 Å². The molecule has 3 N–H and O–H groups in total. The Morgan fingerprint density at radius 2 is 1.64 bits per heavy atom. The summed E-state index contributed by atoms with van der Waals surface area (Å²) in [6, 6.07) is 33.2. The van der Waals surface area contributed by atoms with E-state index >= 15 is 0 Å². The van der Waals surface area contributed by atoms with Gasteiger partial charge in [0.2, 0.25) is 5.95 Å². The van der Waals surface area contributed by atoms with Crippen LogP contribution in [0.1, 0.15) is 5.56 Å². The number of imidazole rings is 1. The fraction of sp³-hybridized carbons (Fsp3) is 0.143. The van der Waals surface area contributed by atoms with E-state index < -0.39 is 0 Å². The van der Waals surface area contributed by atoms with Gasteiger partial charge in [-0.2, -0.15) is 0 Å². The molecule has 0 unspecified atom stereocenters. The van der Waals surface area contributed by atoms with Crippen LogP contribution in [0.15, 0.2) is 116 Å². The summed E-state index contributed by atoms with van der Waals surface area (Å²) in [4.78, 5) is 29.4. The van der Waals surface area contributed by atoms with Gasteiger partial charge in [0.25, 0.3) is 0 Å². The maximum absolute atomic E-state index is 12.7. The van der Waals surface area contributed by atoms with Gasteiger partial charge >= 0.3 is 6.03 Å². The summed E-state index contributed by atoms with van der Waals surface area (Å²) in [5, 5.41) is 9.24. The average molecular weight is 597 g/mol. The first kappa shape index (κ1) is 28.1. The van der Waals surface area contributed by atoms with Crippen LogP contribution in [0.3, 0.4) is 0 Å². The van der Waals surface area contributed by atoms with Gasteiger partial charge < -0.3 is 25.6 Å². The molecule has 0 bridgehead atoms. The first-order valence-corrected chi connectivity index (χ1v) is 14.9. The number of carbonyl (C=O) groups excluding carboxylic acids is 1. The molecule has 10 heteroatoms. The number of morpholine rings is 1. The lowest BCUT2D eigenvalue weighted by atomic mass is 10.1. The van der Waals surface area contributed by atoms with Crippen LogP contribution in [0, 0.1) is 0 Å². The van der Waals surface area contributed by atoms with Crippen molar-refractivity contribution in [3.63, 3.8) is 0 Å². The second-order valence-electron chi connectivity index (χ2n) is 10.7. The molecule has 0 atom stereocenters. The summed E-state index contributed by atoms with van der Waals surface area (Å²) in [6.45, 7) is 3.61. The number of hydrogen-bond donors (Lipinski definition) is 3. The van der Waals surface area contributed by atoms with Crippen LogP contribution in [-0.4, -0.2) is 51.7 Å². The molecule has 1 fully saturated rings. The van der Waals surface area contributed by atoms with E-state index in [0.29, 0.717) is 23.9 Å². The highest BCUT2D eigenvalue weighted by molar-refractivity contribution is 5.91. The number of urea groups is 1. The zero-order valence-electron chi connectivity index (χ0n) is 24.6. The number of anilines is 4. The fourth-order valence-electron chi connectivity index (χ4n) is 5.42. The maximum atomic E-state index is 12.7. The Hall–Kier alpha value is -5.74. The minimum Gasteiger partial charge on any atom is -0.378 e. The number of rotatable bonds is 8. The Kier molecular flexibility index (Phi) is 8.02. The van der Waals surface area contributed by atoms with E-state index in [0.717, 1.165) is 65.8 Å². The van der Waals surface area contributed by atoms with E-state index in [1.807, 2.05) is 102 Å². The van der Waals surface area contributed by atoms with Gasteiger partial charge in [-0.25, -0.2) is 19.7 Å². The van der Waals surface area contributed by atoms with Gasteiger partial charge in [-0.05, 0) is 54.1 Å². The van der Waals surface area contributed by atoms with Gasteiger partial charge in [-0.15, -0.1) is 0 Å². The minimum atomic E-state index is -0.282. The van der Waals surface area contributed by atoms with Crippen molar-refractivity contribution in [3.05, 3.63) is 121 Å². The molecular weight excluding hydrogens is 564 g/mol. The topological polar surface area (TPSA) is 109 Å². The Morgan fingerprint density at radius 3 is 2.53 bits per heavy atom. The monoisotopic (exact) mass is 596 g/mol. The third-order valence-electron chi connectivity index (χ3n) is 7.60. The van der Waals surface area contributed by atoms with Crippen molar-refractivity contribution < 1.29 is 9.53 Å². The molecule has 1 saturated heterocycles. The number of nitrogens with zero attached hydrogens (tertiary/aromatic N) is 5. The van der Waals surface area contributed by atoms with E-state index in [2.05, 4.69) is 38.0 Å². The molecule has 6 aromatic rings. The molecule has 0 saturated carbocycles. The quantitative estimate of drug-likeness (QED) is 0.188. The van der Waals surface area contributed by atoms with Gasteiger partial charge in [0.05, 0.1) is 30.3 Å². The normalized spacial score (nSPS) is 13.0. The van der Waals surface area contributed by atoms with E-state index in [1.54, 1.807) is 6.20 Å². The van der Waals surface area contributed by atoms with E-state index in [4.69, 9.17) is 14.7 Å². The Balaban J connectivity index is 1.16. The third-order valence-corrected chi connectivity index (χ3v) is 7.60. The van der Waals surface area contributed by atoms with Crippen LogP contribution in [0.2, 0.25) is 0 Å². The molecule has 3 aromatic heterocycles. The molecule has 2 amide bonds. The van der Waals surface area contributed by atoms with Crippen molar-refractivity contribution in [2.45, 2.75) is 6.54 Å². The van der Waals surface area contributed by atoms with Crippen LogP contribution in [0.4, 0.5) is 27.8 Å². The lowest BCUT2D eigenvalue weighted by molar-refractivity contribution is 0.122. The molecular formula is C35H32N8O2. The Morgan fingerprint density at radius 1 is 0.822 bits per heavy atom. The van der Waals surface area contributed by atoms with Gasteiger partial charge in [0, 0.05) is 54.7 Å². The first-order chi connectivity index (χ1) is 22.2. The number of ether oxygens (including phenoxy) is 1. The molecule has 224 valence electrons. The smallest absolute Gasteiger partial charge is 0.319 e. The first-order valence-electron chi connectivity index (χ1n) is 14.9. The zero-order valence-corrected chi connectivity index (χ0v) is 24.6. The van der Waals surface area contributed by atoms with Crippen molar-refractivity contribution >= 4 is 34.7 Å². The second-order valence-corrected chi connectivity index (χ2v) is 10.7. The summed E-state index contributed by atoms with van der Waals surface area (Å²) in [6.07, 6.45) is 3.72. The molecule has 3 aromatic carbocycles. The summed E-state index contributed by atoms with van der Waals surface area (Å²) >= 11 is 0. The summed E-state index contributed by atoms with van der Waals surface area (Å²) in [5.74, 6) is 0.481. The number of hydrogen-bond acceptors (Lipinski definition) is 7. The number of nitrogens with one attached hydrogen (secondary N) is 3. The number of pyridine rings is 1. The molecule has 10 nitrogen and oxygen atoms in total. The predicted octanol–water partition coefficient (Wildman–Crippen LogP) is 6.36. The van der Waals surface area contributed by atoms with Crippen LogP contribution < -0.4 is 20.9 Å². The summed E-state index contributed by atoms with van der Waals surface area (Å²) in [7, 11) is 0. The molecule has 0 spiro atoms. The number of fused-ring (bicyclic) bond motifs is 1. The lowest BCUT2D eigenvalue weighted by Gasteiger charge is -2.29. The molecule has 1 aliphatic heterocycles. The van der Waals surface area contributed by atoms with E-state index in [1.165, 1.54) is 0 Å². The predicted molar refractivity (Wildman–Crippen MR) is 177 cm³/mol. The lowest BCUT2D eigenvalue weighted by Crippen LogP contribution is -2.36. The Labute approximate surface area is 260 Å². The van der Waals surface area contributed by atoms with Gasteiger partial charge in [-0.1, -0.05) is 54.6 Å². The van der Waals surface area contributed by atoms with Crippen molar-refractivity contribution in [1.82, 2.24) is 24.7 Å². The number of aromatic nitrogens is 4. The molecule has 4 heterocycles. The van der Waals surface area contributed by atoms with Crippen molar-refractivity contribution in [1.29, 1.82) is 0 Å². The molecule has 1 aliphatic rings. The van der Waals surface area contributed by atoms with Gasteiger partial charge in [0.15, 0.2) is 0 Å². The van der Waals surface area contributed by atoms with Crippen molar-refractivity contribution in [2.24, 2.45) is 0 Å². The summed E-state index contributed by atoms with van der Waals surface area (Å²) in [5.41, 5.74) is 7.63. The van der Waals surface area contributed by atoms with Gasteiger partial charge in [0.1, 0.15) is 5.65 Å². The maximum Gasteiger partial charge on any atom is 0.319 e. The minimum absolute atomic E-state index is 0.282. The fourth-order valence-corrected chi connectivity index (χ4v) is 5.42. The highest BCUT2D eigenvalue weighted by atomic mass is 16.5. The molecule has 7 rings (SSSR count). The molecule has 0 radical (unpaired) electrons. The number of amides is 2. The number of carbonyl (C=O) groups is 1.